The molecule has 4 rings (SSSR count). The van der Waals surface area contributed by atoms with Crippen LogP contribution in [0.5, 0.6) is 11.5 Å². The molecule has 1 amide bonds. The molecule has 4 aromatic rings. The summed E-state index contributed by atoms with van der Waals surface area (Å²) in [5.41, 5.74) is 1.28. The highest BCUT2D eigenvalue weighted by Gasteiger charge is 2.19. The molecule has 36 heavy (non-hydrogen) atoms. The van der Waals surface area contributed by atoms with Gasteiger partial charge in [-0.05, 0) is 32.0 Å². The fraction of sp³-hybridized carbons (Fsp3) is 0.280. The highest BCUT2D eigenvalue weighted by atomic mass is 32.1. The van der Waals surface area contributed by atoms with Crippen LogP contribution in [0.15, 0.2) is 36.7 Å². The minimum atomic E-state index is -0.428. The average Bonchev–Trinajstić information content (AvgIpc) is 3.47. The highest BCUT2D eigenvalue weighted by molar-refractivity contribution is 7.17. The number of amides is 1. The Morgan fingerprint density at radius 1 is 1.22 bits per heavy atom. The molecule has 9 nitrogen and oxygen atoms in total. The molecule has 0 bridgehead atoms. The highest BCUT2D eigenvalue weighted by Crippen LogP contribution is 2.36. The van der Waals surface area contributed by atoms with Crippen LogP contribution in [0.1, 0.15) is 29.2 Å². The average molecular weight is 509 g/mol. The summed E-state index contributed by atoms with van der Waals surface area (Å²) >= 11 is 1.29. The standard InChI is InChI=1S/C25H25FN6O3S/c1-4-28-25(33)24-20(35-5-2)12-21(36-24)18-11-22(31-14-30-18)29-8-9-32-15(13-27)10-16-19(34-3)7-6-17(26)23(16)32/h6-7,10-12,14H,4-5,8-9H2,1-3H3,(H,28,33)(H,29,30,31). The Kier molecular flexibility index (Phi) is 7.65. The number of thiophene rings is 1. The number of hydrogen-bond acceptors (Lipinski definition) is 8. The monoisotopic (exact) mass is 508 g/mol. The summed E-state index contributed by atoms with van der Waals surface area (Å²) in [6, 6.07) is 10.2. The van der Waals surface area contributed by atoms with Crippen molar-refractivity contribution in [2.75, 3.05) is 32.1 Å². The van der Waals surface area contributed by atoms with Crippen LogP contribution in [-0.2, 0) is 6.54 Å². The number of ether oxygens (including phenoxy) is 2. The lowest BCUT2D eigenvalue weighted by Gasteiger charge is -2.11. The van der Waals surface area contributed by atoms with Crippen LogP contribution in [0.4, 0.5) is 10.2 Å². The molecule has 3 aromatic heterocycles. The molecule has 11 heteroatoms. The number of methoxy groups -OCH3 is 1. The number of fused-ring (bicyclic) bond motifs is 1. The normalized spacial score (nSPS) is 10.8. The second kappa shape index (κ2) is 11.0. The molecule has 2 N–H and O–H groups in total. The molecule has 186 valence electrons. The van der Waals surface area contributed by atoms with Gasteiger partial charge in [-0.2, -0.15) is 5.26 Å². The summed E-state index contributed by atoms with van der Waals surface area (Å²) in [4.78, 5) is 22.3. The van der Waals surface area contributed by atoms with Gasteiger partial charge in [-0.3, -0.25) is 4.79 Å². The molecule has 0 spiro atoms. The minimum absolute atomic E-state index is 0.194. The number of rotatable bonds is 10. The van der Waals surface area contributed by atoms with E-state index in [2.05, 4.69) is 26.7 Å². The molecule has 0 aliphatic carbocycles. The maximum absolute atomic E-state index is 14.6. The fourth-order valence-corrected chi connectivity index (χ4v) is 4.85. The summed E-state index contributed by atoms with van der Waals surface area (Å²) < 4.78 is 27.2. The molecule has 3 heterocycles. The van der Waals surface area contributed by atoms with Gasteiger partial charge in [0.15, 0.2) is 0 Å². The third-order valence-electron chi connectivity index (χ3n) is 5.41. The van der Waals surface area contributed by atoms with Crippen molar-refractivity contribution in [1.82, 2.24) is 19.9 Å². The van der Waals surface area contributed by atoms with E-state index in [1.54, 1.807) is 28.8 Å². The van der Waals surface area contributed by atoms with Crippen LogP contribution in [0, 0.1) is 17.1 Å². The predicted molar refractivity (Wildman–Crippen MR) is 136 cm³/mol. The molecule has 0 atom stereocenters. The van der Waals surface area contributed by atoms with Crippen LogP contribution < -0.4 is 20.1 Å². The lowest BCUT2D eigenvalue weighted by atomic mass is 10.2. The zero-order valence-electron chi connectivity index (χ0n) is 20.1. The van der Waals surface area contributed by atoms with E-state index < -0.39 is 5.82 Å². The molecule has 0 aliphatic heterocycles. The molecule has 0 radical (unpaired) electrons. The molecule has 0 saturated carbocycles. The molecular formula is C25H25FN6O3S. The molecule has 1 aromatic carbocycles. The van der Waals surface area contributed by atoms with Crippen molar-refractivity contribution in [3.8, 4) is 28.1 Å². The second-order valence-electron chi connectivity index (χ2n) is 7.62. The van der Waals surface area contributed by atoms with Gasteiger partial charge in [0.05, 0.1) is 29.8 Å². The van der Waals surface area contributed by atoms with Gasteiger partial charge in [0, 0.05) is 37.2 Å². The second-order valence-corrected chi connectivity index (χ2v) is 8.67. The van der Waals surface area contributed by atoms with E-state index in [-0.39, 0.29) is 5.91 Å². The smallest absolute Gasteiger partial charge is 0.265 e. The van der Waals surface area contributed by atoms with Crippen molar-refractivity contribution < 1.29 is 18.7 Å². The van der Waals surface area contributed by atoms with E-state index >= 15 is 0 Å². The quantitative estimate of drug-likeness (QED) is 0.326. The number of carbonyl (C=O) groups is 1. The van der Waals surface area contributed by atoms with E-state index in [0.717, 1.165) is 4.88 Å². The first-order valence-corrected chi connectivity index (χ1v) is 12.2. The lowest BCUT2D eigenvalue weighted by Crippen LogP contribution is -2.22. The fourth-order valence-electron chi connectivity index (χ4n) is 3.86. The van der Waals surface area contributed by atoms with Gasteiger partial charge in [-0.25, -0.2) is 14.4 Å². The van der Waals surface area contributed by atoms with Gasteiger partial charge in [0.1, 0.15) is 46.1 Å². The minimum Gasteiger partial charge on any atom is -0.496 e. The Hall–Kier alpha value is -4.17. The summed E-state index contributed by atoms with van der Waals surface area (Å²) in [6.45, 7) is 5.37. The first-order chi connectivity index (χ1) is 17.5. The van der Waals surface area contributed by atoms with E-state index in [0.29, 0.717) is 70.7 Å². The molecule has 0 unspecified atom stereocenters. The van der Waals surface area contributed by atoms with Gasteiger partial charge < -0.3 is 24.7 Å². The molecule has 0 fully saturated rings. The summed E-state index contributed by atoms with van der Waals surface area (Å²) in [5.74, 6) is 0.948. The topological polar surface area (TPSA) is 114 Å². The Morgan fingerprint density at radius 2 is 2.06 bits per heavy atom. The number of hydrogen-bond donors (Lipinski definition) is 2. The number of nitrogens with one attached hydrogen (secondary N) is 2. The van der Waals surface area contributed by atoms with Crippen LogP contribution in [0.25, 0.3) is 21.5 Å². The summed E-state index contributed by atoms with van der Waals surface area (Å²) in [5, 5.41) is 16.1. The third kappa shape index (κ3) is 4.94. The van der Waals surface area contributed by atoms with Crippen molar-refractivity contribution in [1.29, 1.82) is 5.26 Å². The number of benzene rings is 1. The molecule has 0 saturated heterocycles. The number of carbonyl (C=O) groups excluding carboxylic acids is 1. The van der Waals surface area contributed by atoms with Gasteiger partial charge in [0.2, 0.25) is 0 Å². The lowest BCUT2D eigenvalue weighted by molar-refractivity contribution is 0.0956. The van der Waals surface area contributed by atoms with E-state index in [1.807, 2.05) is 13.8 Å². The molecule has 0 aliphatic rings. The van der Waals surface area contributed by atoms with Crippen LogP contribution in [-0.4, -0.2) is 47.2 Å². The van der Waals surface area contributed by atoms with Crippen LogP contribution in [0.3, 0.4) is 0 Å². The maximum atomic E-state index is 14.6. The summed E-state index contributed by atoms with van der Waals surface area (Å²) in [6.07, 6.45) is 1.43. The summed E-state index contributed by atoms with van der Waals surface area (Å²) in [7, 11) is 1.51. The van der Waals surface area contributed by atoms with Crippen molar-refractivity contribution in [2.45, 2.75) is 20.4 Å². The Balaban J connectivity index is 1.54. The zero-order valence-corrected chi connectivity index (χ0v) is 20.9. The van der Waals surface area contributed by atoms with E-state index in [1.165, 1.54) is 30.8 Å². The largest absolute Gasteiger partial charge is 0.496 e. The first-order valence-electron chi connectivity index (χ1n) is 11.4. The van der Waals surface area contributed by atoms with Gasteiger partial charge in [0.25, 0.3) is 5.91 Å². The Morgan fingerprint density at radius 3 is 2.78 bits per heavy atom. The maximum Gasteiger partial charge on any atom is 0.265 e. The van der Waals surface area contributed by atoms with Crippen LogP contribution >= 0.6 is 11.3 Å². The molecular weight excluding hydrogens is 483 g/mol. The third-order valence-corrected chi connectivity index (χ3v) is 6.54. The van der Waals surface area contributed by atoms with Crippen molar-refractivity contribution in [3.05, 3.63) is 53.0 Å². The van der Waals surface area contributed by atoms with Gasteiger partial charge in [-0.1, -0.05) is 0 Å². The first kappa shape index (κ1) is 24.9. The van der Waals surface area contributed by atoms with Crippen molar-refractivity contribution in [3.63, 3.8) is 0 Å². The number of halogens is 1. The van der Waals surface area contributed by atoms with Crippen molar-refractivity contribution >= 4 is 34.0 Å². The number of anilines is 1. The van der Waals surface area contributed by atoms with Crippen LogP contribution in [0.2, 0.25) is 0 Å². The van der Waals surface area contributed by atoms with E-state index in [4.69, 9.17) is 9.47 Å². The van der Waals surface area contributed by atoms with E-state index in [9.17, 15) is 14.4 Å². The predicted octanol–water partition coefficient (Wildman–Crippen LogP) is 4.44. The Bertz CT molecular complexity index is 1440. The SMILES string of the molecule is CCNC(=O)c1sc(-c2cc(NCCn3c(C#N)cc4c(OC)ccc(F)c43)ncn2)cc1OCC. The number of aromatic nitrogens is 3. The van der Waals surface area contributed by atoms with Gasteiger partial charge in [-0.15, -0.1) is 11.3 Å². The number of nitriles is 1. The Labute approximate surface area is 211 Å². The van der Waals surface area contributed by atoms with Gasteiger partial charge >= 0.3 is 0 Å². The van der Waals surface area contributed by atoms with Crippen molar-refractivity contribution in [2.24, 2.45) is 0 Å². The number of nitrogens with zero attached hydrogens (tertiary/aromatic N) is 4. The zero-order chi connectivity index (χ0) is 25.7.